The van der Waals surface area contributed by atoms with E-state index in [0.717, 1.165) is 6.07 Å². The topological polar surface area (TPSA) is 120 Å². The summed E-state index contributed by atoms with van der Waals surface area (Å²) in [7, 11) is -1.54. The van der Waals surface area contributed by atoms with Crippen molar-refractivity contribution in [2.45, 2.75) is 18.9 Å². The van der Waals surface area contributed by atoms with Crippen molar-refractivity contribution >= 4 is 15.7 Å². The van der Waals surface area contributed by atoms with Crippen LogP contribution < -0.4 is 11.2 Å². The summed E-state index contributed by atoms with van der Waals surface area (Å²) in [5.41, 5.74) is -1.05. The number of hydrogen-bond acceptors (Lipinski definition) is 5. The van der Waals surface area contributed by atoms with E-state index >= 15 is 0 Å². The van der Waals surface area contributed by atoms with Crippen LogP contribution in [0.2, 0.25) is 0 Å². The number of hydrogen-bond donors (Lipinski definition) is 2. The van der Waals surface area contributed by atoms with E-state index in [4.69, 9.17) is 0 Å². The largest absolute Gasteiger partial charge is 0.341 e. The highest BCUT2D eigenvalue weighted by atomic mass is 32.2. The summed E-state index contributed by atoms with van der Waals surface area (Å²) in [6.45, 7) is 0. The van der Waals surface area contributed by atoms with E-state index < -0.39 is 21.1 Å². The Balaban J connectivity index is 2.08. The molecule has 9 heteroatoms. The number of aromatic nitrogens is 2. The lowest BCUT2D eigenvalue weighted by Gasteiger charge is -2.23. The van der Waals surface area contributed by atoms with E-state index in [0.29, 0.717) is 6.42 Å². The summed E-state index contributed by atoms with van der Waals surface area (Å²) in [4.78, 5) is 40.0. The Morgan fingerprint density at radius 3 is 2.65 bits per heavy atom. The SMILES string of the molecule is CN(C(=O)Cc1cc(=O)[nH]c(=O)[nH]1)C1CCS(=O)(=O)C1. The van der Waals surface area contributed by atoms with Crippen molar-refractivity contribution in [2.24, 2.45) is 0 Å². The number of carbonyl (C=O) groups excluding carboxylic acids is 1. The van der Waals surface area contributed by atoms with Crippen LogP contribution in [0.25, 0.3) is 0 Å². The van der Waals surface area contributed by atoms with Crippen molar-refractivity contribution in [3.63, 3.8) is 0 Å². The Bertz CT molecular complexity index is 705. The van der Waals surface area contributed by atoms with E-state index in [1.54, 1.807) is 0 Å². The summed E-state index contributed by atoms with van der Waals surface area (Å²) >= 11 is 0. The average molecular weight is 301 g/mol. The van der Waals surface area contributed by atoms with Crippen LogP contribution in [0.4, 0.5) is 0 Å². The molecule has 1 aliphatic heterocycles. The molecule has 2 heterocycles. The Morgan fingerprint density at radius 2 is 2.10 bits per heavy atom. The van der Waals surface area contributed by atoms with Crippen LogP contribution in [-0.2, 0) is 21.1 Å². The quantitative estimate of drug-likeness (QED) is 0.686. The van der Waals surface area contributed by atoms with E-state index in [2.05, 4.69) is 4.98 Å². The first-order valence-electron chi connectivity index (χ1n) is 6.05. The first kappa shape index (κ1) is 14.5. The summed E-state index contributed by atoms with van der Waals surface area (Å²) in [5.74, 6) is -0.300. The monoisotopic (exact) mass is 301 g/mol. The van der Waals surface area contributed by atoms with Crippen LogP contribution in [0.1, 0.15) is 12.1 Å². The molecule has 0 aliphatic carbocycles. The molecule has 0 saturated carbocycles. The number of carbonyl (C=O) groups is 1. The van der Waals surface area contributed by atoms with Crippen molar-refractivity contribution in [3.05, 3.63) is 32.6 Å². The highest BCUT2D eigenvalue weighted by Crippen LogP contribution is 2.17. The number of H-pyrrole nitrogens is 2. The molecule has 1 fully saturated rings. The highest BCUT2D eigenvalue weighted by Gasteiger charge is 2.32. The van der Waals surface area contributed by atoms with Gasteiger partial charge in [0.2, 0.25) is 5.91 Å². The normalized spacial score (nSPS) is 20.8. The third-order valence-corrected chi connectivity index (χ3v) is 5.06. The van der Waals surface area contributed by atoms with Crippen LogP contribution in [0.5, 0.6) is 0 Å². The lowest BCUT2D eigenvalue weighted by molar-refractivity contribution is -0.130. The van der Waals surface area contributed by atoms with Gasteiger partial charge in [-0.05, 0) is 6.42 Å². The molecule has 2 N–H and O–H groups in total. The lowest BCUT2D eigenvalue weighted by atomic mass is 10.2. The van der Waals surface area contributed by atoms with Gasteiger partial charge in [0, 0.05) is 24.8 Å². The smallest absolute Gasteiger partial charge is 0.325 e. The first-order chi connectivity index (χ1) is 9.27. The Hall–Kier alpha value is -1.90. The third kappa shape index (κ3) is 3.35. The van der Waals surface area contributed by atoms with Gasteiger partial charge in [-0.3, -0.25) is 14.6 Å². The second-order valence-electron chi connectivity index (χ2n) is 4.85. The van der Waals surface area contributed by atoms with E-state index in [-0.39, 0.29) is 35.6 Å². The molecule has 1 saturated heterocycles. The molecule has 1 atom stereocenters. The van der Waals surface area contributed by atoms with E-state index in [1.165, 1.54) is 11.9 Å². The maximum Gasteiger partial charge on any atom is 0.325 e. The lowest BCUT2D eigenvalue weighted by Crippen LogP contribution is -2.39. The molecule has 1 aromatic rings. The Labute approximate surface area is 114 Å². The number of sulfone groups is 1. The predicted octanol–water partition coefficient (Wildman–Crippen LogP) is -1.75. The van der Waals surface area contributed by atoms with Gasteiger partial charge in [0.15, 0.2) is 9.84 Å². The number of amides is 1. The second-order valence-corrected chi connectivity index (χ2v) is 7.08. The molecule has 1 unspecified atom stereocenters. The van der Waals surface area contributed by atoms with Crippen molar-refractivity contribution in [3.8, 4) is 0 Å². The number of rotatable bonds is 3. The molecule has 0 aromatic carbocycles. The minimum absolute atomic E-state index is 0.0405. The molecule has 2 rings (SSSR count). The van der Waals surface area contributed by atoms with E-state index in [1.807, 2.05) is 4.98 Å². The zero-order valence-corrected chi connectivity index (χ0v) is 11.7. The van der Waals surface area contributed by atoms with Gasteiger partial charge in [0.05, 0.1) is 17.9 Å². The summed E-state index contributed by atoms with van der Waals surface area (Å²) in [5, 5.41) is 0. The average Bonchev–Trinajstić information content (AvgIpc) is 2.67. The molecule has 0 radical (unpaired) electrons. The van der Waals surface area contributed by atoms with Gasteiger partial charge in [0.25, 0.3) is 5.56 Å². The number of nitrogens with one attached hydrogen (secondary N) is 2. The van der Waals surface area contributed by atoms with Crippen LogP contribution in [-0.4, -0.2) is 53.8 Å². The number of aromatic amines is 2. The van der Waals surface area contributed by atoms with Crippen LogP contribution >= 0.6 is 0 Å². The highest BCUT2D eigenvalue weighted by molar-refractivity contribution is 7.91. The van der Waals surface area contributed by atoms with Crippen molar-refractivity contribution < 1.29 is 13.2 Å². The maximum atomic E-state index is 12.0. The Morgan fingerprint density at radius 1 is 1.40 bits per heavy atom. The fourth-order valence-corrected chi connectivity index (χ4v) is 3.96. The molecule has 20 heavy (non-hydrogen) atoms. The van der Waals surface area contributed by atoms with Gasteiger partial charge >= 0.3 is 5.69 Å². The van der Waals surface area contributed by atoms with Crippen LogP contribution in [0.3, 0.4) is 0 Å². The molecule has 1 aromatic heterocycles. The molecule has 0 bridgehead atoms. The fraction of sp³-hybridized carbons (Fsp3) is 0.545. The molecule has 110 valence electrons. The molecular formula is C11H15N3O5S. The predicted molar refractivity (Wildman–Crippen MR) is 71.2 cm³/mol. The van der Waals surface area contributed by atoms with Gasteiger partial charge in [-0.25, -0.2) is 13.2 Å². The zero-order valence-electron chi connectivity index (χ0n) is 10.9. The molecule has 1 aliphatic rings. The fourth-order valence-electron chi connectivity index (χ4n) is 2.19. The minimum Gasteiger partial charge on any atom is -0.341 e. The molecule has 1 amide bonds. The number of likely N-dealkylation sites (N-methyl/N-ethyl adjacent to an activating group) is 1. The zero-order chi connectivity index (χ0) is 14.9. The van der Waals surface area contributed by atoms with Crippen molar-refractivity contribution in [1.82, 2.24) is 14.9 Å². The standard InChI is InChI=1S/C11H15N3O5S/c1-14(8-2-3-20(18,19)6-8)10(16)5-7-4-9(15)13-11(17)12-7/h4,8H,2-3,5-6H2,1H3,(H2,12,13,15,17). The molecule has 0 spiro atoms. The first-order valence-corrected chi connectivity index (χ1v) is 7.87. The summed E-state index contributed by atoms with van der Waals surface area (Å²) < 4.78 is 22.8. The van der Waals surface area contributed by atoms with Gasteiger partial charge in [-0.1, -0.05) is 0 Å². The molecular weight excluding hydrogens is 286 g/mol. The van der Waals surface area contributed by atoms with Crippen molar-refractivity contribution in [1.29, 1.82) is 0 Å². The second kappa shape index (κ2) is 5.23. The molecule has 8 nitrogen and oxygen atoms in total. The maximum absolute atomic E-state index is 12.0. The third-order valence-electron chi connectivity index (χ3n) is 3.31. The van der Waals surface area contributed by atoms with Gasteiger partial charge in [-0.2, -0.15) is 0 Å². The van der Waals surface area contributed by atoms with Gasteiger partial charge in [-0.15, -0.1) is 0 Å². The minimum atomic E-state index is -3.07. The van der Waals surface area contributed by atoms with Crippen LogP contribution in [0.15, 0.2) is 15.7 Å². The van der Waals surface area contributed by atoms with Gasteiger partial charge < -0.3 is 9.88 Å². The van der Waals surface area contributed by atoms with E-state index in [9.17, 15) is 22.8 Å². The summed E-state index contributed by atoms with van der Waals surface area (Å²) in [6, 6.07) is 0.791. The van der Waals surface area contributed by atoms with Crippen LogP contribution in [0, 0.1) is 0 Å². The van der Waals surface area contributed by atoms with Gasteiger partial charge in [0.1, 0.15) is 0 Å². The summed E-state index contributed by atoms with van der Waals surface area (Å²) in [6.07, 6.45) is 0.267. The van der Waals surface area contributed by atoms with Crippen molar-refractivity contribution in [2.75, 3.05) is 18.6 Å². The number of nitrogens with zero attached hydrogens (tertiary/aromatic N) is 1. The Kier molecular flexibility index (Phi) is 3.80.